The molecule has 150 valence electrons. The minimum atomic E-state index is -4.00. The summed E-state index contributed by atoms with van der Waals surface area (Å²) >= 11 is 0. The van der Waals surface area contributed by atoms with Crippen molar-refractivity contribution in [2.75, 3.05) is 0 Å². The molecule has 28 heavy (non-hydrogen) atoms. The maximum absolute atomic E-state index is 13.3. The molecule has 2 aromatic rings. The molecule has 0 aliphatic carbocycles. The molecular weight excluding hydrogens is 383 g/mol. The van der Waals surface area contributed by atoms with E-state index in [1.165, 1.54) is 31.2 Å². The van der Waals surface area contributed by atoms with Gasteiger partial charge in [0.05, 0.1) is 6.10 Å². The zero-order valence-electron chi connectivity index (χ0n) is 15.9. The van der Waals surface area contributed by atoms with Crippen molar-refractivity contribution in [2.45, 2.75) is 32.9 Å². The lowest BCUT2D eigenvalue weighted by atomic mass is 10.3. The lowest BCUT2D eigenvalue weighted by Gasteiger charge is -2.23. The Balaban J connectivity index is 2.23. The number of hydrogen-bond donors (Lipinski definition) is 2. The molecule has 2 rings (SSSR count). The molecule has 0 saturated carbocycles. The van der Waals surface area contributed by atoms with E-state index in [-0.39, 0.29) is 11.9 Å². The van der Waals surface area contributed by atoms with Gasteiger partial charge in [-0.25, -0.2) is 4.57 Å². The highest BCUT2D eigenvalue weighted by Gasteiger charge is 2.34. The first kappa shape index (κ1) is 21.5. The van der Waals surface area contributed by atoms with Crippen LogP contribution in [0.1, 0.15) is 20.8 Å². The molecule has 2 N–H and O–H groups in total. The Morgan fingerprint density at radius 3 is 2.07 bits per heavy atom. The fourth-order valence-electron chi connectivity index (χ4n) is 2.13. The molecule has 0 radical (unpaired) electrons. The van der Waals surface area contributed by atoms with E-state index in [9.17, 15) is 14.6 Å². The van der Waals surface area contributed by atoms with E-state index in [1.807, 2.05) is 0 Å². The maximum Gasteiger partial charge on any atom is 0.513 e. The predicted octanol–water partition coefficient (Wildman–Crippen LogP) is 3.92. The zero-order valence-corrected chi connectivity index (χ0v) is 16.8. The highest BCUT2D eigenvalue weighted by atomic mass is 31.2. The number of nitrogens with one attached hydrogen (secondary N) is 1. The fourth-order valence-corrected chi connectivity index (χ4v) is 3.65. The third-order valence-electron chi connectivity index (χ3n) is 3.39. The van der Waals surface area contributed by atoms with Crippen LogP contribution >= 0.6 is 7.75 Å². The van der Waals surface area contributed by atoms with Crippen LogP contribution in [0.2, 0.25) is 0 Å². The topological polar surface area (TPSA) is 97.1 Å². The van der Waals surface area contributed by atoms with E-state index in [0.717, 1.165) is 0 Å². The lowest BCUT2D eigenvalue weighted by Crippen LogP contribution is -2.36. The minimum Gasteiger partial charge on any atom is -0.462 e. The van der Waals surface area contributed by atoms with E-state index >= 15 is 0 Å². The molecule has 2 atom stereocenters. The fraction of sp³-hybridized carbons (Fsp3) is 0.263. The first-order valence-electron chi connectivity index (χ1n) is 8.60. The van der Waals surface area contributed by atoms with Gasteiger partial charge in [0.1, 0.15) is 17.5 Å². The monoisotopic (exact) mass is 407 g/mol. The summed E-state index contributed by atoms with van der Waals surface area (Å²) in [4.78, 5) is 12.1. The van der Waals surface area contributed by atoms with Gasteiger partial charge in [-0.1, -0.05) is 18.2 Å². The Kier molecular flexibility index (Phi) is 7.20. The SMILES string of the molecule is C=[N+](O)c1ccc(O[P@@](=O)(N[C@@H](C)C(=O)OC(C)C)Oc2ccccc2)cc1. The van der Waals surface area contributed by atoms with E-state index in [2.05, 4.69) is 11.8 Å². The third-order valence-corrected chi connectivity index (χ3v) is 4.99. The molecule has 0 bridgehead atoms. The molecule has 0 amide bonds. The van der Waals surface area contributed by atoms with Crippen LogP contribution in [0.5, 0.6) is 11.5 Å². The van der Waals surface area contributed by atoms with E-state index in [1.54, 1.807) is 44.2 Å². The summed E-state index contributed by atoms with van der Waals surface area (Å²) in [6, 6.07) is 13.5. The Hall–Kier alpha value is -2.83. The van der Waals surface area contributed by atoms with Crippen LogP contribution in [-0.4, -0.2) is 34.8 Å². The second-order valence-electron chi connectivity index (χ2n) is 6.22. The van der Waals surface area contributed by atoms with Gasteiger partial charge in [-0.05, 0) is 45.0 Å². The Labute approximate surface area is 163 Å². The van der Waals surface area contributed by atoms with Gasteiger partial charge in [0.15, 0.2) is 6.72 Å². The summed E-state index contributed by atoms with van der Waals surface area (Å²) in [6.45, 7) is 8.30. The molecule has 8 nitrogen and oxygen atoms in total. The van der Waals surface area contributed by atoms with Crippen LogP contribution in [0.4, 0.5) is 5.69 Å². The normalized spacial score (nSPS) is 14.0. The molecule has 2 aromatic carbocycles. The van der Waals surface area contributed by atoms with Crippen LogP contribution < -0.4 is 14.1 Å². The average Bonchev–Trinajstić information content (AvgIpc) is 2.62. The number of rotatable bonds is 9. The number of nitrogens with zero attached hydrogens (tertiary/aromatic N) is 1. The standard InChI is InChI=1S/C19H24N2O6P/c1-14(2)25-19(22)15(3)20-28(24,26-17-8-6-5-7-9-17)27-18-12-10-16(11-13-18)21(4)23/h5-15,23H,4H2,1-3H3,(H,20,24)/q+1/t15-,28+/m0/s1. The lowest BCUT2D eigenvalue weighted by molar-refractivity contribution is -0.706. The van der Waals surface area contributed by atoms with E-state index < -0.39 is 19.8 Å². The molecule has 0 heterocycles. The number of ether oxygens (including phenoxy) is 1. The number of para-hydroxylation sites is 1. The largest absolute Gasteiger partial charge is 0.513 e. The van der Waals surface area contributed by atoms with Crippen LogP contribution in [0.15, 0.2) is 54.6 Å². The smallest absolute Gasteiger partial charge is 0.462 e. The van der Waals surface area contributed by atoms with Crippen molar-refractivity contribution in [1.82, 2.24) is 5.09 Å². The Morgan fingerprint density at radius 2 is 1.57 bits per heavy atom. The van der Waals surface area contributed by atoms with Gasteiger partial charge in [-0.15, -0.1) is 0 Å². The summed E-state index contributed by atoms with van der Waals surface area (Å²) in [5.41, 5.74) is 0.410. The van der Waals surface area contributed by atoms with Crippen LogP contribution in [-0.2, 0) is 14.1 Å². The summed E-state index contributed by atoms with van der Waals surface area (Å²) < 4.78 is 30.3. The first-order chi connectivity index (χ1) is 13.2. The molecular formula is C19H24N2O6P+. The van der Waals surface area contributed by atoms with Gasteiger partial charge in [0, 0.05) is 16.9 Å². The summed E-state index contributed by atoms with van der Waals surface area (Å²) in [5, 5.41) is 11.9. The summed E-state index contributed by atoms with van der Waals surface area (Å²) in [7, 11) is -4.00. The summed E-state index contributed by atoms with van der Waals surface area (Å²) in [5.74, 6) is -0.0701. The van der Waals surface area contributed by atoms with Gasteiger partial charge >= 0.3 is 13.7 Å². The Bertz CT molecular complexity index is 854. The van der Waals surface area contributed by atoms with Crippen molar-refractivity contribution in [3.05, 3.63) is 54.6 Å². The van der Waals surface area contributed by atoms with Crippen molar-refractivity contribution in [3.63, 3.8) is 0 Å². The third kappa shape index (κ3) is 6.40. The van der Waals surface area contributed by atoms with Crippen LogP contribution in [0.3, 0.4) is 0 Å². The molecule has 0 aliphatic rings. The first-order valence-corrected chi connectivity index (χ1v) is 10.1. The maximum atomic E-state index is 13.3. The zero-order chi connectivity index (χ0) is 20.7. The van der Waals surface area contributed by atoms with Crippen molar-refractivity contribution in [3.8, 4) is 11.5 Å². The highest BCUT2D eigenvalue weighted by molar-refractivity contribution is 7.52. The number of hydrogen-bond acceptors (Lipinski definition) is 6. The van der Waals surface area contributed by atoms with Gasteiger partial charge in [0.25, 0.3) is 5.69 Å². The van der Waals surface area contributed by atoms with Gasteiger partial charge < -0.3 is 13.8 Å². The molecule has 0 aromatic heterocycles. The van der Waals surface area contributed by atoms with Gasteiger partial charge in [-0.2, -0.15) is 5.09 Å². The Morgan fingerprint density at radius 1 is 1.04 bits per heavy atom. The highest BCUT2D eigenvalue weighted by Crippen LogP contribution is 2.45. The molecule has 0 saturated heterocycles. The predicted molar refractivity (Wildman–Crippen MR) is 104 cm³/mol. The molecule has 0 fully saturated rings. The van der Waals surface area contributed by atoms with Crippen molar-refractivity contribution >= 4 is 26.1 Å². The van der Waals surface area contributed by atoms with Crippen molar-refractivity contribution < 1.29 is 33.1 Å². The molecule has 0 aliphatic heterocycles. The van der Waals surface area contributed by atoms with Crippen LogP contribution in [0, 0.1) is 0 Å². The number of carbonyl (C=O) groups excluding carboxylic acids is 1. The molecule has 0 unspecified atom stereocenters. The van der Waals surface area contributed by atoms with Crippen molar-refractivity contribution in [1.29, 1.82) is 0 Å². The van der Waals surface area contributed by atoms with Crippen molar-refractivity contribution in [2.24, 2.45) is 0 Å². The number of esters is 1. The second-order valence-corrected chi connectivity index (χ2v) is 7.84. The molecule has 0 spiro atoms. The van der Waals surface area contributed by atoms with E-state index in [4.69, 9.17) is 13.8 Å². The quantitative estimate of drug-likeness (QED) is 0.162. The average molecular weight is 407 g/mol. The van der Waals surface area contributed by atoms with Crippen LogP contribution in [0.25, 0.3) is 0 Å². The molecule has 9 heteroatoms. The van der Waals surface area contributed by atoms with E-state index in [0.29, 0.717) is 16.2 Å². The number of carbonyl (C=O) groups is 1. The van der Waals surface area contributed by atoms with Gasteiger partial charge in [-0.3, -0.25) is 10.0 Å². The summed E-state index contributed by atoms with van der Waals surface area (Å²) in [6.07, 6.45) is -0.316. The second kappa shape index (κ2) is 9.39. The van der Waals surface area contributed by atoms with Gasteiger partial charge in [0.2, 0.25) is 0 Å². The minimum absolute atomic E-state index is 0.210. The number of benzene rings is 2.